The SMILES string of the molecule is CC(C)(C)NC(=O)C1CC2CCCCC2CN1CC(O)C(Cc1ccccc1)NC(=O)C(NC(=O)C1CC1)C(C)(C)S(C)(=O)=O. The minimum absolute atomic E-state index is 0.0554. The number of carbonyl (C=O) groups excluding carboxylic acids is 3. The van der Waals surface area contributed by atoms with Gasteiger partial charge in [0.2, 0.25) is 17.7 Å². The molecule has 2 aliphatic carbocycles. The molecule has 3 aliphatic rings. The van der Waals surface area contributed by atoms with Crippen LogP contribution in [-0.4, -0.2) is 90.0 Å². The number of nitrogens with one attached hydrogen (secondary N) is 3. The first-order chi connectivity index (χ1) is 21.0. The van der Waals surface area contributed by atoms with Crippen molar-refractivity contribution in [3.63, 3.8) is 0 Å². The third-order valence-electron chi connectivity index (χ3n) is 9.96. The second-order valence-corrected chi connectivity index (χ2v) is 17.8. The Labute approximate surface area is 269 Å². The molecule has 1 saturated heterocycles. The summed E-state index contributed by atoms with van der Waals surface area (Å²) < 4.78 is 24.1. The Kier molecular flexibility index (Phi) is 11.1. The maximum Gasteiger partial charge on any atom is 0.244 e. The molecule has 3 fully saturated rings. The van der Waals surface area contributed by atoms with Crippen LogP contribution in [0.25, 0.3) is 0 Å². The zero-order chi connectivity index (χ0) is 33.2. The van der Waals surface area contributed by atoms with Gasteiger partial charge in [-0.05, 0) is 84.1 Å². The highest BCUT2D eigenvalue weighted by molar-refractivity contribution is 7.92. The number of likely N-dealkylation sites (tertiary alicyclic amines) is 1. The Hall–Kier alpha value is -2.50. The summed E-state index contributed by atoms with van der Waals surface area (Å²) in [7, 11) is -3.77. The highest BCUT2D eigenvalue weighted by Crippen LogP contribution is 2.39. The number of hydrogen-bond donors (Lipinski definition) is 4. The summed E-state index contributed by atoms with van der Waals surface area (Å²) >= 11 is 0. The van der Waals surface area contributed by atoms with Crippen LogP contribution in [0.3, 0.4) is 0 Å². The van der Waals surface area contributed by atoms with Crippen LogP contribution in [0, 0.1) is 17.8 Å². The molecule has 4 rings (SSSR count). The largest absolute Gasteiger partial charge is 0.390 e. The summed E-state index contributed by atoms with van der Waals surface area (Å²) in [5.74, 6) is -0.357. The first kappa shape index (κ1) is 35.4. The van der Waals surface area contributed by atoms with Crippen LogP contribution in [-0.2, 0) is 30.6 Å². The van der Waals surface area contributed by atoms with Crippen molar-refractivity contribution in [2.75, 3.05) is 19.3 Å². The van der Waals surface area contributed by atoms with Crippen LogP contribution in [0.15, 0.2) is 30.3 Å². The molecule has 1 aromatic carbocycles. The molecule has 2 saturated carbocycles. The summed E-state index contributed by atoms with van der Waals surface area (Å²) in [6, 6.07) is 6.91. The van der Waals surface area contributed by atoms with E-state index in [2.05, 4.69) is 20.9 Å². The fourth-order valence-corrected chi connectivity index (χ4v) is 7.38. The van der Waals surface area contributed by atoms with Gasteiger partial charge in [-0.25, -0.2) is 8.42 Å². The quantitative estimate of drug-likeness (QED) is 0.273. The number of aliphatic hydroxyl groups excluding tert-OH is 1. The van der Waals surface area contributed by atoms with E-state index in [-0.39, 0.29) is 30.7 Å². The van der Waals surface area contributed by atoms with E-state index in [1.165, 1.54) is 20.3 Å². The Morgan fingerprint density at radius 2 is 1.56 bits per heavy atom. The lowest BCUT2D eigenvalue weighted by Gasteiger charge is -2.47. The first-order valence-electron chi connectivity index (χ1n) is 16.5. The minimum atomic E-state index is -3.77. The molecule has 0 spiro atoms. The standard InChI is InChI=1S/C34H54N4O6S/c1-33(2,3)37-31(41)27-19-24-14-10-11-15-25(24)20-38(27)21-28(39)26(18-22-12-8-7-9-13-22)35-32(42)29(34(4,5)45(6,43)44)36-30(40)23-16-17-23/h7-9,12-13,23-29,39H,10-11,14-21H2,1-6H3,(H,35,42)(H,36,40)(H,37,41). The monoisotopic (exact) mass is 646 g/mol. The molecule has 1 heterocycles. The van der Waals surface area contributed by atoms with E-state index in [0.717, 1.165) is 37.5 Å². The zero-order valence-corrected chi connectivity index (χ0v) is 28.7. The van der Waals surface area contributed by atoms with Gasteiger partial charge in [0.25, 0.3) is 0 Å². The summed E-state index contributed by atoms with van der Waals surface area (Å²) in [6.45, 7) is 9.60. The second-order valence-electron chi connectivity index (χ2n) is 15.2. The maximum atomic E-state index is 14.0. The number of rotatable bonds is 12. The third-order valence-corrected chi connectivity index (χ3v) is 12.1. The molecule has 3 amide bonds. The third kappa shape index (κ3) is 9.29. The number of hydrogen-bond acceptors (Lipinski definition) is 7. The van der Waals surface area contributed by atoms with Crippen LogP contribution in [0.1, 0.15) is 85.1 Å². The molecular formula is C34H54N4O6S. The van der Waals surface area contributed by atoms with Crippen molar-refractivity contribution >= 4 is 27.6 Å². The molecule has 4 N–H and O–H groups in total. The van der Waals surface area contributed by atoms with Gasteiger partial charge in [0.1, 0.15) is 6.04 Å². The molecule has 1 aliphatic heterocycles. The molecular weight excluding hydrogens is 592 g/mol. The zero-order valence-electron chi connectivity index (χ0n) is 27.8. The van der Waals surface area contributed by atoms with Crippen molar-refractivity contribution in [1.82, 2.24) is 20.9 Å². The van der Waals surface area contributed by atoms with E-state index >= 15 is 0 Å². The van der Waals surface area contributed by atoms with Gasteiger partial charge in [-0.3, -0.25) is 19.3 Å². The number of benzene rings is 1. The van der Waals surface area contributed by atoms with Crippen LogP contribution >= 0.6 is 0 Å². The number of carbonyl (C=O) groups is 3. The highest BCUT2D eigenvalue weighted by Gasteiger charge is 2.47. The van der Waals surface area contributed by atoms with Gasteiger partial charge in [0.05, 0.1) is 22.9 Å². The van der Waals surface area contributed by atoms with Crippen LogP contribution in [0.5, 0.6) is 0 Å². The lowest BCUT2D eigenvalue weighted by Crippen LogP contribution is -2.64. The first-order valence-corrected chi connectivity index (χ1v) is 18.4. The summed E-state index contributed by atoms with van der Waals surface area (Å²) in [4.78, 5) is 42.4. The number of aliphatic hydroxyl groups is 1. The molecule has 10 nitrogen and oxygen atoms in total. The summed E-state index contributed by atoms with van der Waals surface area (Å²) in [5.41, 5.74) is 0.483. The van der Waals surface area contributed by atoms with Crippen LogP contribution in [0.2, 0.25) is 0 Å². The van der Waals surface area contributed by atoms with E-state index in [0.29, 0.717) is 31.2 Å². The predicted molar refractivity (Wildman–Crippen MR) is 175 cm³/mol. The van der Waals surface area contributed by atoms with Crippen LogP contribution < -0.4 is 16.0 Å². The molecule has 11 heteroatoms. The number of sulfone groups is 1. The molecule has 0 radical (unpaired) electrons. The average Bonchev–Trinajstić information content (AvgIpc) is 3.80. The second kappa shape index (κ2) is 14.1. The van der Waals surface area contributed by atoms with E-state index in [4.69, 9.17) is 0 Å². The predicted octanol–water partition coefficient (Wildman–Crippen LogP) is 2.59. The topological polar surface area (TPSA) is 145 Å². The Morgan fingerprint density at radius 1 is 0.933 bits per heavy atom. The summed E-state index contributed by atoms with van der Waals surface area (Å²) in [6.07, 6.45) is 6.95. The van der Waals surface area contributed by atoms with Crippen LogP contribution in [0.4, 0.5) is 0 Å². The number of nitrogens with zero attached hydrogens (tertiary/aromatic N) is 1. The number of piperidine rings is 1. The van der Waals surface area contributed by atoms with Crippen molar-refractivity contribution in [1.29, 1.82) is 0 Å². The van der Waals surface area contributed by atoms with E-state index in [9.17, 15) is 27.9 Å². The average molecular weight is 647 g/mol. The molecule has 0 bridgehead atoms. The lowest BCUT2D eigenvalue weighted by molar-refractivity contribution is -0.133. The Morgan fingerprint density at radius 3 is 2.13 bits per heavy atom. The van der Waals surface area contributed by atoms with Crippen molar-refractivity contribution < 1.29 is 27.9 Å². The number of fused-ring (bicyclic) bond motifs is 1. The molecule has 45 heavy (non-hydrogen) atoms. The van der Waals surface area contributed by atoms with Crippen molar-refractivity contribution in [3.05, 3.63) is 35.9 Å². The van der Waals surface area contributed by atoms with Gasteiger partial charge in [-0.1, -0.05) is 49.6 Å². The van der Waals surface area contributed by atoms with Gasteiger partial charge < -0.3 is 21.1 Å². The van der Waals surface area contributed by atoms with Crippen molar-refractivity contribution in [3.8, 4) is 0 Å². The fourth-order valence-electron chi connectivity index (χ4n) is 6.79. The van der Waals surface area contributed by atoms with E-state index in [1.54, 1.807) is 0 Å². The van der Waals surface area contributed by atoms with E-state index < -0.39 is 50.3 Å². The van der Waals surface area contributed by atoms with Gasteiger partial charge in [-0.15, -0.1) is 0 Å². The molecule has 6 unspecified atom stereocenters. The minimum Gasteiger partial charge on any atom is -0.390 e. The molecule has 0 aromatic heterocycles. The Balaban J connectivity index is 1.60. The smallest absolute Gasteiger partial charge is 0.244 e. The maximum absolute atomic E-state index is 14.0. The van der Waals surface area contributed by atoms with Gasteiger partial charge in [-0.2, -0.15) is 0 Å². The molecule has 252 valence electrons. The lowest BCUT2D eigenvalue weighted by atomic mass is 9.72. The number of β-amino-alcohol motifs (C(OH)–C–C–N with tert-alkyl or cyclic N) is 1. The van der Waals surface area contributed by atoms with Crippen molar-refractivity contribution in [2.24, 2.45) is 17.8 Å². The Bertz CT molecular complexity index is 1310. The van der Waals surface area contributed by atoms with Gasteiger partial charge in [0, 0.05) is 30.8 Å². The normalized spacial score (nSPS) is 24.9. The highest BCUT2D eigenvalue weighted by atomic mass is 32.2. The van der Waals surface area contributed by atoms with Gasteiger partial charge in [0.15, 0.2) is 9.84 Å². The van der Waals surface area contributed by atoms with Gasteiger partial charge >= 0.3 is 0 Å². The van der Waals surface area contributed by atoms with Crippen molar-refractivity contribution in [2.45, 2.75) is 121 Å². The summed E-state index contributed by atoms with van der Waals surface area (Å²) in [5, 5.41) is 20.6. The number of amides is 3. The fraction of sp³-hybridized carbons (Fsp3) is 0.735. The molecule has 1 aromatic rings. The molecule has 6 atom stereocenters. The van der Waals surface area contributed by atoms with E-state index in [1.807, 2.05) is 51.1 Å².